The van der Waals surface area contributed by atoms with Gasteiger partial charge in [0.05, 0.1) is 7.11 Å². The lowest BCUT2D eigenvalue weighted by Crippen LogP contribution is -2.54. The van der Waals surface area contributed by atoms with Gasteiger partial charge >= 0.3 is 0 Å². The summed E-state index contributed by atoms with van der Waals surface area (Å²) in [5.41, 5.74) is 7.49. The maximum absolute atomic E-state index is 6.19. The second-order valence-corrected chi connectivity index (χ2v) is 5.95. The lowest BCUT2D eigenvalue weighted by atomic mass is 9.82. The van der Waals surface area contributed by atoms with Gasteiger partial charge in [0.25, 0.3) is 0 Å². The first kappa shape index (κ1) is 12.9. The number of nitrogens with two attached hydrogens (primary N) is 1. The number of hydrogen-bond donors (Lipinski definition) is 1. The number of nitrogens with zero attached hydrogens (tertiary/aromatic N) is 1. The number of ether oxygens (including phenoxy) is 1. The van der Waals surface area contributed by atoms with Crippen LogP contribution in [0.4, 0.5) is 0 Å². The van der Waals surface area contributed by atoms with E-state index in [0.29, 0.717) is 18.1 Å². The molecule has 0 amide bonds. The molecule has 2 fully saturated rings. The van der Waals surface area contributed by atoms with Crippen molar-refractivity contribution in [2.24, 2.45) is 5.73 Å². The van der Waals surface area contributed by atoms with E-state index in [-0.39, 0.29) is 0 Å². The molecule has 2 bridgehead atoms. The lowest BCUT2D eigenvalue weighted by Gasteiger charge is -2.48. The average molecular weight is 260 g/mol. The van der Waals surface area contributed by atoms with E-state index in [4.69, 9.17) is 10.5 Å². The Labute approximate surface area is 115 Å². The first-order valence-electron chi connectivity index (χ1n) is 7.41. The molecule has 0 radical (unpaired) electrons. The predicted octanol–water partition coefficient (Wildman–Crippen LogP) is 2.54. The van der Waals surface area contributed by atoms with E-state index >= 15 is 0 Å². The van der Waals surface area contributed by atoms with Crippen LogP contribution in [0.3, 0.4) is 0 Å². The maximum Gasteiger partial charge on any atom is 0.123 e. The van der Waals surface area contributed by atoms with Crippen molar-refractivity contribution in [3.8, 4) is 5.75 Å². The van der Waals surface area contributed by atoms with Crippen LogP contribution in [-0.2, 0) is 6.54 Å². The van der Waals surface area contributed by atoms with E-state index in [2.05, 4.69) is 23.1 Å². The van der Waals surface area contributed by atoms with E-state index in [1.807, 2.05) is 6.07 Å². The monoisotopic (exact) mass is 260 g/mol. The molecule has 2 aliphatic heterocycles. The second-order valence-electron chi connectivity index (χ2n) is 5.95. The van der Waals surface area contributed by atoms with Crippen molar-refractivity contribution >= 4 is 0 Å². The quantitative estimate of drug-likeness (QED) is 0.907. The molecule has 19 heavy (non-hydrogen) atoms. The number of para-hydroxylation sites is 1. The highest BCUT2D eigenvalue weighted by molar-refractivity contribution is 5.33. The number of rotatable bonds is 3. The molecule has 0 spiro atoms. The molecule has 2 N–H and O–H groups in total. The van der Waals surface area contributed by atoms with Gasteiger partial charge in [-0.1, -0.05) is 24.6 Å². The minimum Gasteiger partial charge on any atom is -0.496 e. The topological polar surface area (TPSA) is 38.5 Å². The molecule has 0 saturated carbocycles. The highest BCUT2D eigenvalue weighted by Gasteiger charge is 2.37. The summed E-state index contributed by atoms with van der Waals surface area (Å²) < 4.78 is 5.48. The SMILES string of the molecule is COc1ccccc1CN1C2CCCC1CC(N)C2. The molecule has 2 aliphatic rings. The molecule has 1 aromatic carbocycles. The van der Waals surface area contributed by atoms with Crippen molar-refractivity contribution in [2.45, 2.75) is 56.8 Å². The molecule has 3 rings (SSSR count). The van der Waals surface area contributed by atoms with E-state index in [9.17, 15) is 0 Å². The Morgan fingerprint density at radius 3 is 2.58 bits per heavy atom. The summed E-state index contributed by atoms with van der Waals surface area (Å²) in [6.45, 7) is 1.01. The zero-order valence-corrected chi connectivity index (χ0v) is 11.7. The van der Waals surface area contributed by atoms with E-state index in [1.165, 1.54) is 24.8 Å². The molecule has 3 heteroatoms. The Hall–Kier alpha value is -1.06. The summed E-state index contributed by atoms with van der Waals surface area (Å²) in [6.07, 6.45) is 6.29. The fraction of sp³-hybridized carbons (Fsp3) is 0.625. The van der Waals surface area contributed by atoms with Gasteiger partial charge < -0.3 is 10.5 Å². The van der Waals surface area contributed by atoms with Gasteiger partial charge in [-0.2, -0.15) is 0 Å². The van der Waals surface area contributed by atoms with Crippen molar-refractivity contribution in [3.05, 3.63) is 29.8 Å². The minimum absolute atomic E-state index is 0.407. The summed E-state index contributed by atoms with van der Waals surface area (Å²) in [5, 5.41) is 0. The smallest absolute Gasteiger partial charge is 0.123 e. The van der Waals surface area contributed by atoms with Crippen LogP contribution < -0.4 is 10.5 Å². The second kappa shape index (κ2) is 5.51. The Kier molecular flexibility index (Phi) is 3.76. The minimum atomic E-state index is 0.407. The fourth-order valence-corrected chi connectivity index (χ4v) is 3.81. The van der Waals surface area contributed by atoms with E-state index in [1.54, 1.807) is 7.11 Å². The number of methoxy groups -OCH3 is 1. The van der Waals surface area contributed by atoms with Crippen LogP contribution in [0.5, 0.6) is 5.75 Å². The first-order chi connectivity index (χ1) is 9.28. The summed E-state index contributed by atoms with van der Waals surface area (Å²) in [5.74, 6) is 1.01. The van der Waals surface area contributed by atoms with Crippen LogP contribution in [0.2, 0.25) is 0 Å². The number of fused-ring (bicyclic) bond motifs is 2. The molecular weight excluding hydrogens is 236 g/mol. The molecule has 0 aromatic heterocycles. The summed E-state index contributed by atoms with van der Waals surface area (Å²) in [6, 6.07) is 10.1. The van der Waals surface area contributed by atoms with Crippen molar-refractivity contribution in [2.75, 3.05) is 7.11 Å². The van der Waals surface area contributed by atoms with Gasteiger partial charge in [0, 0.05) is 30.2 Å². The first-order valence-corrected chi connectivity index (χ1v) is 7.41. The van der Waals surface area contributed by atoms with Crippen LogP contribution in [0.25, 0.3) is 0 Å². The lowest BCUT2D eigenvalue weighted by molar-refractivity contribution is 0.0240. The highest BCUT2D eigenvalue weighted by Crippen LogP contribution is 2.35. The molecule has 2 heterocycles. The number of benzene rings is 1. The maximum atomic E-state index is 6.19. The van der Waals surface area contributed by atoms with Gasteiger partial charge in [-0.25, -0.2) is 0 Å². The molecule has 2 saturated heterocycles. The molecule has 1 aromatic rings. The van der Waals surface area contributed by atoms with Crippen LogP contribution in [0.1, 0.15) is 37.7 Å². The van der Waals surface area contributed by atoms with Gasteiger partial charge in [-0.3, -0.25) is 4.90 Å². The van der Waals surface area contributed by atoms with E-state index in [0.717, 1.165) is 25.1 Å². The van der Waals surface area contributed by atoms with Crippen LogP contribution >= 0.6 is 0 Å². The highest BCUT2D eigenvalue weighted by atomic mass is 16.5. The fourth-order valence-electron chi connectivity index (χ4n) is 3.81. The van der Waals surface area contributed by atoms with Crippen LogP contribution in [0.15, 0.2) is 24.3 Å². The Morgan fingerprint density at radius 2 is 1.89 bits per heavy atom. The molecule has 2 atom stereocenters. The Morgan fingerprint density at radius 1 is 1.21 bits per heavy atom. The van der Waals surface area contributed by atoms with Crippen LogP contribution in [0, 0.1) is 0 Å². The third-order valence-corrected chi connectivity index (χ3v) is 4.71. The molecule has 104 valence electrons. The van der Waals surface area contributed by atoms with Gasteiger partial charge in [-0.15, -0.1) is 0 Å². The average Bonchev–Trinajstić information content (AvgIpc) is 2.40. The zero-order valence-electron chi connectivity index (χ0n) is 11.7. The van der Waals surface area contributed by atoms with Crippen molar-refractivity contribution in [3.63, 3.8) is 0 Å². The Balaban J connectivity index is 1.78. The summed E-state index contributed by atoms with van der Waals surface area (Å²) in [4.78, 5) is 2.67. The van der Waals surface area contributed by atoms with Crippen molar-refractivity contribution < 1.29 is 4.74 Å². The van der Waals surface area contributed by atoms with Crippen molar-refractivity contribution in [1.29, 1.82) is 0 Å². The largest absolute Gasteiger partial charge is 0.496 e. The number of hydrogen-bond acceptors (Lipinski definition) is 3. The summed E-state index contributed by atoms with van der Waals surface area (Å²) >= 11 is 0. The van der Waals surface area contributed by atoms with Crippen LogP contribution in [-0.4, -0.2) is 30.1 Å². The third kappa shape index (κ3) is 2.63. The normalized spacial score (nSPS) is 31.2. The van der Waals surface area contributed by atoms with Gasteiger partial charge in [0.1, 0.15) is 5.75 Å². The molecular formula is C16H24N2O. The Bertz CT molecular complexity index is 421. The molecule has 2 unspecified atom stereocenters. The van der Waals surface area contributed by atoms with Gasteiger partial charge in [-0.05, 0) is 31.7 Å². The van der Waals surface area contributed by atoms with E-state index < -0.39 is 0 Å². The number of piperidine rings is 2. The predicted molar refractivity (Wildman–Crippen MR) is 77.2 cm³/mol. The third-order valence-electron chi connectivity index (χ3n) is 4.71. The molecule has 3 nitrogen and oxygen atoms in total. The van der Waals surface area contributed by atoms with Gasteiger partial charge in [0.15, 0.2) is 0 Å². The molecule has 0 aliphatic carbocycles. The summed E-state index contributed by atoms with van der Waals surface area (Å²) in [7, 11) is 1.76. The zero-order chi connectivity index (χ0) is 13.2. The standard InChI is InChI=1S/C16H24N2O/c1-19-16-8-3-2-5-12(16)11-18-14-6-4-7-15(18)10-13(17)9-14/h2-3,5,8,13-15H,4,6-7,9-11,17H2,1H3. The van der Waals surface area contributed by atoms with Gasteiger partial charge in [0.2, 0.25) is 0 Å². The van der Waals surface area contributed by atoms with Crippen molar-refractivity contribution in [1.82, 2.24) is 4.90 Å².